The van der Waals surface area contributed by atoms with Crippen LogP contribution in [0.3, 0.4) is 0 Å². The standard InChI is InChI=1S/C17H28N4O2.HI/c1-18-17(19-10-4-8-14-6-2-3-7-14)21-13-16(22)20-12-15-9-5-11-23-15;/h5,9,11,14H,2-4,6-8,10,12-13H2,1H3,(H,20,22)(H2,18,19,21);1H. The number of amides is 1. The van der Waals surface area contributed by atoms with Crippen LogP contribution in [0.4, 0.5) is 0 Å². The first-order valence-corrected chi connectivity index (χ1v) is 8.51. The highest BCUT2D eigenvalue weighted by atomic mass is 127. The summed E-state index contributed by atoms with van der Waals surface area (Å²) in [5, 5.41) is 9.07. The van der Waals surface area contributed by atoms with E-state index in [-0.39, 0.29) is 36.4 Å². The summed E-state index contributed by atoms with van der Waals surface area (Å²) in [6.45, 7) is 1.49. The van der Waals surface area contributed by atoms with Gasteiger partial charge in [-0.3, -0.25) is 9.79 Å². The number of nitrogens with one attached hydrogen (secondary N) is 3. The first-order valence-electron chi connectivity index (χ1n) is 8.51. The number of guanidine groups is 1. The second kappa shape index (κ2) is 12.2. The van der Waals surface area contributed by atoms with Crippen molar-refractivity contribution in [1.82, 2.24) is 16.0 Å². The van der Waals surface area contributed by atoms with Gasteiger partial charge in [-0.15, -0.1) is 24.0 Å². The molecular formula is C17H29IN4O2. The molecule has 2 rings (SSSR count). The quantitative estimate of drug-likeness (QED) is 0.247. The lowest BCUT2D eigenvalue weighted by Gasteiger charge is -2.13. The molecule has 0 spiro atoms. The molecular weight excluding hydrogens is 419 g/mol. The normalized spacial score (nSPS) is 15.0. The number of carbonyl (C=O) groups is 1. The molecule has 24 heavy (non-hydrogen) atoms. The topological polar surface area (TPSA) is 78.7 Å². The largest absolute Gasteiger partial charge is 0.467 e. The van der Waals surface area contributed by atoms with E-state index in [1.54, 1.807) is 19.4 Å². The molecule has 1 aromatic rings. The molecule has 0 aromatic carbocycles. The fourth-order valence-corrected chi connectivity index (χ4v) is 2.94. The Morgan fingerprint density at radius 3 is 2.75 bits per heavy atom. The van der Waals surface area contributed by atoms with Gasteiger partial charge < -0.3 is 20.4 Å². The highest BCUT2D eigenvalue weighted by Crippen LogP contribution is 2.28. The van der Waals surface area contributed by atoms with Crippen LogP contribution in [-0.2, 0) is 11.3 Å². The van der Waals surface area contributed by atoms with Crippen LogP contribution in [-0.4, -0.2) is 32.0 Å². The highest BCUT2D eigenvalue weighted by molar-refractivity contribution is 14.0. The third kappa shape index (κ3) is 8.03. The lowest BCUT2D eigenvalue weighted by molar-refractivity contribution is -0.120. The van der Waals surface area contributed by atoms with Crippen LogP contribution in [0.15, 0.2) is 27.8 Å². The van der Waals surface area contributed by atoms with Crippen molar-refractivity contribution in [2.75, 3.05) is 20.1 Å². The van der Waals surface area contributed by atoms with E-state index in [4.69, 9.17) is 4.42 Å². The molecule has 136 valence electrons. The third-order valence-corrected chi connectivity index (χ3v) is 4.24. The van der Waals surface area contributed by atoms with Gasteiger partial charge in [0.05, 0.1) is 19.4 Å². The Morgan fingerprint density at radius 1 is 1.29 bits per heavy atom. The van der Waals surface area contributed by atoms with Crippen LogP contribution in [0.2, 0.25) is 0 Å². The van der Waals surface area contributed by atoms with Crippen LogP contribution >= 0.6 is 24.0 Å². The van der Waals surface area contributed by atoms with Gasteiger partial charge >= 0.3 is 0 Å². The van der Waals surface area contributed by atoms with Gasteiger partial charge in [-0.2, -0.15) is 0 Å². The lowest BCUT2D eigenvalue weighted by Crippen LogP contribution is -2.43. The summed E-state index contributed by atoms with van der Waals surface area (Å²) in [4.78, 5) is 15.9. The molecule has 0 atom stereocenters. The fraction of sp³-hybridized carbons (Fsp3) is 0.647. The van der Waals surface area contributed by atoms with E-state index in [9.17, 15) is 4.79 Å². The minimum absolute atomic E-state index is 0. The predicted molar refractivity (Wildman–Crippen MR) is 107 cm³/mol. The van der Waals surface area contributed by atoms with E-state index in [0.717, 1.165) is 24.6 Å². The van der Waals surface area contributed by atoms with Gasteiger partial charge in [0.25, 0.3) is 0 Å². The molecule has 1 aliphatic carbocycles. The van der Waals surface area contributed by atoms with E-state index in [0.29, 0.717) is 12.5 Å². The zero-order chi connectivity index (χ0) is 16.3. The van der Waals surface area contributed by atoms with E-state index in [1.807, 2.05) is 6.07 Å². The minimum Gasteiger partial charge on any atom is -0.467 e. The summed E-state index contributed by atoms with van der Waals surface area (Å²) in [6, 6.07) is 3.63. The van der Waals surface area contributed by atoms with Crippen LogP contribution < -0.4 is 16.0 Å². The Morgan fingerprint density at radius 2 is 2.08 bits per heavy atom. The van der Waals surface area contributed by atoms with Crippen LogP contribution in [0.5, 0.6) is 0 Å². The zero-order valence-corrected chi connectivity index (χ0v) is 16.7. The monoisotopic (exact) mass is 448 g/mol. The van der Waals surface area contributed by atoms with Crippen LogP contribution in [0.25, 0.3) is 0 Å². The minimum atomic E-state index is -0.0877. The summed E-state index contributed by atoms with van der Waals surface area (Å²) < 4.78 is 5.17. The summed E-state index contributed by atoms with van der Waals surface area (Å²) in [5.41, 5.74) is 0. The van der Waals surface area contributed by atoms with Crippen molar-refractivity contribution in [1.29, 1.82) is 0 Å². The number of carbonyl (C=O) groups excluding carboxylic acids is 1. The SMILES string of the molecule is CN=C(NCCCC1CCCC1)NCC(=O)NCc1ccco1.I. The van der Waals surface area contributed by atoms with Gasteiger partial charge in [-0.1, -0.05) is 25.7 Å². The number of nitrogens with zero attached hydrogens (tertiary/aromatic N) is 1. The first-order chi connectivity index (χ1) is 11.3. The molecule has 6 nitrogen and oxygen atoms in total. The molecule has 0 saturated heterocycles. The maximum absolute atomic E-state index is 11.8. The fourth-order valence-electron chi connectivity index (χ4n) is 2.94. The maximum Gasteiger partial charge on any atom is 0.239 e. The summed E-state index contributed by atoms with van der Waals surface area (Å²) in [5.74, 6) is 2.24. The van der Waals surface area contributed by atoms with Crippen molar-refractivity contribution < 1.29 is 9.21 Å². The van der Waals surface area contributed by atoms with Gasteiger partial charge in [0.2, 0.25) is 5.91 Å². The van der Waals surface area contributed by atoms with Crippen molar-refractivity contribution in [3.63, 3.8) is 0 Å². The second-order valence-corrected chi connectivity index (χ2v) is 6.00. The van der Waals surface area contributed by atoms with E-state index in [1.165, 1.54) is 32.1 Å². The van der Waals surface area contributed by atoms with Crippen LogP contribution in [0.1, 0.15) is 44.3 Å². The Bertz CT molecular complexity index is 485. The molecule has 1 amide bonds. The molecule has 1 saturated carbocycles. The second-order valence-electron chi connectivity index (χ2n) is 6.00. The smallest absolute Gasteiger partial charge is 0.239 e. The van der Waals surface area contributed by atoms with Gasteiger partial charge in [-0.25, -0.2) is 0 Å². The molecule has 0 unspecified atom stereocenters. The predicted octanol–water partition coefficient (Wildman–Crippen LogP) is 2.65. The molecule has 0 radical (unpaired) electrons. The molecule has 0 aliphatic heterocycles. The number of furan rings is 1. The molecule has 7 heteroatoms. The van der Waals surface area contributed by atoms with Gasteiger partial charge in [-0.05, 0) is 30.9 Å². The van der Waals surface area contributed by atoms with E-state index < -0.39 is 0 Å². The molecule has 1 aromatic heterocycles. The van der Waals surface area contributed by atoms with Gasteiger partial charge in [0, 0.05) is 13.6 Å². The number of halogens is 1. The van der Waals surface area contributed by atoms with Crippen molar-refractivity contribution in [3.8, 4) is 0 Å². The Balaban J connectivity index is 0.00000288. The van der Waals surface area contributed by atoms with Crippen molar-refractivity contribution in [2.24, 2.45) is 10.9 Å². The molecule has 1 heterocycles. The first kappa shape index (κ1) is 20.8. The number of hydrogen-bond donors (Lipinski definition) is 3. The average molecular weight is 448 g/mol. The molecule has 0 bridgehead atoms. The van der Waals surface area contributed by atoms with E-state index in [2.05, 4.69) is 20.9 Å². The van der Waals surface area contributed by atoms with Gasteiger partial charge in [0.15, 0.2) is 5.96 Å². The summed E-state index contributed by atoms with van der Waals surface area (Å²) in [6.07, 6.45) is 9.61. The lowest BCUT2D eigenvalue weighted by atomic mass is 10.0. The number of rotatable bonds is 8. The third-order valence-electron chi connectivity index (χ3n) is 4.24. The number of hydrogen-bond acceptors (Lipinski definition) is 3. The zero-order valence-electron chi connectivity index (χ0n) is 14.3. The molecule has 1 aliphatic rings. The van der Waals surface area contributed by atoms with E-state index >= 15 is 0 Å². The average Bonchev–Trinajstić information content (AvgIpc) is 3.25. The Kier molecular flexibility index (Phi) is 10.5. The summed E-state index contributed by atoms with van der Waals surface area (Å²) >= 11 is 0. The van der Waals surface area contributed by atoms with Crippen molar-refractivity contribution >= 4 is 35.8 Å². The Hall–Kier alpha value is -1.25. The highest BCUT2D eigenvalue weighted by Gasteiger charge is 2.14. The maximum atomic E-state index is 11.8. The molecule has 3 N–H and O–H groups in total. The molecule has 1 fully saturated rings. The Labute approximate surface area is 161 Å². The summed E-state index contributed by atoms with van der Waals surface area (Å²) in [7, 11) is 1.72. The van der Waals surface area contributed by atoms with Crippen molar-refractivity contribution in [2.45, 2.75) is 45.1 Å². The number of aliphatic imine (C=N–C) groups is 1. The van der Waals surface area contributed by atoms with Gasteiger partial charge in [0.1, 0.15) is 5.76 Å². The van der Waals surface area contributed by atoms with Crippen molar-refractivity contribution in [3.05, 3.63) is 24.2 Å². The van der Waals surface area contributed by atoms with Crippen LogP contribution in [0, 0.1) is 5.92 Å².